The number of rotatable bonds is 1. The summed E-state index contributed by atoms with van der Waals surface area (Å²) in [6.45, 7) is 0. The number of thioether (sulfide) groups is 1. The minimum Gasteiger partial charge on any atom is -0.366 e. The maximum Gasteiger partial charge on any atom is 0.246 e. The maximum atomic E-state index is 10.9. The van der Waals surface area contributed by atoms with E-state index in [2.05, 4.69) is 0 Å². The lowest BCUT2D eigenvalue weighted by atomic mass is 10.2. The average molecular weight is 184 g/mol. The van der Waals surface area contributed by atoms with Crippen LogP contribution in [0.3, 0.4) is 0 Å². The van der Waals surface area contributed by atoms with E-state index >= 15 is 0 Å². The zero-order chi connectivity index (χ0) is 8.72. The van der Waals surface area contributed by atoms with Crippen molar-refractivity contribution in [3.05, 3.63) is 11.8 Å². The molecule has 0 aromatic rings. The molecule has 2 heterocycles. The lowest BCUT2D eigenvalue weighted by molar-refractivity contribution is -0.137. The lowest BCUT2D eigenvalue weighted by Crippen LogP contribution is -2.49. The molecule has 0 bridgehead atoms. The monoisotopic (exact) mass is 184 g/mol. The number of nitrogens with two attached hydrogens (primary N) is 1. The standard InChI is InChI=1S/C7H8N2O2S/c8-7(11)4-2-9-5(10)1-6(9)12-3-4/h2,6H,1,3H2,(H2,8,11)/t6-/m0/s1. The van der Waals surface area contributed by atoms with Gasteiger partial charge in [0.15, 0.2) is 0 Å². The van der Waals surface area contributed by atoms with E-state index in [1.54, 1.807) is 22.9 Å². The van der Waals surface area contributed by atoms with Gasteiger partial charge in [0.1, 0.15) is 0 Å². The van der Waals surface area contributed by atoms with Crippen molar-refractivity contribution in [1.29, 1.82) is 0 Å². The van der Waals surface area contributed by atoms with E-state index in [4.69, 9.17) is 5.73 Å². The highest BCUT2D eigenvalue weighted by atomic mass is 32.2. The summed E-state index contributed by atoms with van der Waals surface area (Å²) in [5.74, 6) is 0.274. The number of primary amides is 1. The molecule has 12 heavy (non-hydrogen) atoms. The molecule has 0 aromatic heterocycles. The van der Waals surface area contributed by atoms with Gasteiger partial charge in [-0.05, 0) is 0 Å². The van der Waals surface area contributed by atoms with E-state index < -0.39 is 5.91 Å². The highest BCUT2D eigenvalue weighted by molar-refractivity contribution is 8.00. The van der Waals surface area contributed by atoms with Crippen LogP contribution in [0.5, 0.6) is 0 Å². The molecule has 0 aromatic carbocycles. The fourth-order valence-corrected chi connectivity index (χ4v) is 2.41. The SMILES string of the molecule is NC(=O)C1=CN2C(=O)C[C@@H]2SC1. The third-order valence-corrected chi connectivity index (χ3v) is 3.25. The molecule has 0 spiro atoms. The van der Waals surface area contributed by atoms with Gasteiger partial charge in [0.05, 0.1) is 11.8 Å². The van der Waals surface area contributed by atoms with Gasteiger partial charge in [0, 0.05) is 17.5 Å². The van der Waals surface area contributed by atoms with Gasteiger partial charge in [-0.2, -0.15) is 0 Å². The molecule has 4 nitrogen and oxygen atoms in total. The second kappa shape index (κ2) is 2.52. The van der Waals surface area contributed by atoms with Crippen molar-refractivity contribution in [2.24, 2.45) is 5.73 Å². The van der Waals surface area contributed by atoms with Crippen molar-refractivity contribution in [3.63, 3.8) is 0 Å². The largest absolute Gasteiger partial charge is 0.366 e. The van der Waals surface area contributed by atoms with Gasteiger partial charge < -0.3 is 10.6 Å². The summed E-state index contributed by atoms with van der Waals surface area (Å²) in [5.41, 5.74) is 5.62. The number of hydrogen-bond donors (Lipinski definition) is 1. The summed E-state index contributed by atoms with van der Waals surface area (Å²) in [7, 11) is 0. The third-order valence-electron chi connectivity index (χ3n) is 1.99. The first kappa shape index (κ1) is 7.67. The number of β-lactam (4-membered cyclic amide) rings is 1. The molecule has 5 heteroatoms. The first-order valence-corrected chi connectivity index (χ1v) is 4.66. The second-order valence-electron chi connectivity index (χ2n) is 2.79. The van der Waals surface area contributed by atoms with Crippen molar-refractivity contribution < 1.29 is 9.59 Å². The van der Waals surface area contributed by atoms with Crippen LogP contribution in [0.25, 0.3) is 0 Å². The smallest absolute Gasteiger partial charge is 0.246 e. The highest BCUT2D eigenvalue weighted by Gasteiger charge is 2.38. The van der Waals surface area contributed by atoms with Crippen molar-refractivity contribution in [2.45, 2.75) is 11.8 Å². The van der Waals surface area contributed by atoms with Crippen molar-refractivity contribution in [1.82, 2.24) is 4.90 Å². The molecule has 2 amide bonds. The number of hydrogen-bond acceptors (Lipinski definition) is 3. The van der Waals surface area contributed by atoms with E-state index in [0.29, 0.717) is 17.7 Å². The van der Waals surface area contributed by atoms with E-state index in [0.717, 1.165) is 0 Å². The molecule has 64 valence electrons. The average Bonchev–Trinajstić information content (AvgIpc) is 2.02. The Hall–Kier alpha value is -0.970. The molecule has 0 aliphatic carbocycles. The lowest BCUT2D eigenvalue weighted by Gasteiger charge is -2.40. The van der Waals surface area contributed by atoms with Crippen LogP contribution in [0.15, 0.2) is 11.8 Å². The summed E-state index contributed by atoms with van der Waals surface area (Å²) in [6.07, 6.45) is 2.17. The number of amides is 2. The third kappa shape index (κ3) is 1.01. The molecule has 1 atom stereocenters. The van der Waals surface area contributed by atoms with Gasteiger partial charge in [-0.25, -0.2) is 0 Å². The first-order chi connectivity index (χ1) is 5.68. The number of fused-ring (bicyclic) bond motifs is 1. The fraction of sp³-hybridized carbons (Fsp3) is 0.429. The summed E-state index contributed by atoms with van der Waals surface area (Å²) < 4.78 is 0. The van der Waals surface area contributed by atoms with Gasteiger partial charge >= 0.3 is 0 Å². The van der Waals surface area contributed by atoms with E-state index in [1.165, 1.54) is 0 Å². The molecule has 2 aliphatic rings. The molecular formula is C7H8N2O2S. The second-order valence-corrected chi connectivity index (χ2v) is 3.96. The molecular weight excluding hydrogens is 176 g/mol. The van der Waals surface area contributed by atoms with Crippen LogP contribution < -0.4 is 5.73 Å². The normalized spacial score (nSPS) is 27.3. The van der Waals surface area contributed by atoms with Crippen molar-refractivity contribution in [2.75, 3.05) is 5.75 Å². The van der Waals surface area contributed by atoms with E-state index in [9.17, 15) is 9.59 Å². The number of nitrogens with zero attached hydrogens (tertiary/aromatic N) is 1. The topological polar surface area (TPSA) is 63.4 Å². The predicted octanol–water partition coefficient (Wildman–Crippen LogP) is -0.339. The zero-order valence-electron chi connectivity index (χ0n) is 6.32. The molecule has 0 radical (unpaired) electrons. The van der Waals surface area contributed by atoms with Gasteiger partial charge in [-0.15, -0.1) is 11.8 Å². The van der Waals surface area contributed by atoms with Crippen LogP contribution in [0.1, 0.15) is 6.42 Å². The van der Waals surface area contributed by atoms with Crippen molar-refractivity contribution in [3.8, 4) is 0 Å². The Morgan fingerprint density at radius 2 is 2.50 bits per heavy atom. The fourth-order valence-electron chi connectivity index (χ4n) is 1.22. The van der Waals surface area contributed by atoms with Crippen LogP contribution in [-0.2, 0) is 9.59 Å². The van der Waals surface area contributed by atoms with Crippen LogP contribution in [0.4, 0.5) is 0 Å². The predicted molar refractivity (Wildman–Crippen MR) is 45.0 cm³/mol. The highest BCUT2D eigenvalue weighted by Crippen LogP contribution is 2.35. The van der Waals surface area contributed by atoms with Crippen LogP contribution in [0.2, 0.25) is 0 Å². The van der Waals surface area contributed by atoms with Crippen LogP contribution >= 0.6 is 11.8 Å². The molecule has 0 saturated carbocycles. The summed E-state index contributed by atoms with van der Waals surface area (Å²) in [4.78, 5) is 23.3. The Balaban J connectivity index is 2.19. The summed E-state index contributed by atoms with van der Waals surface area (Å²) in [6, 6.07) is 0. The van der Waals surface area contributed by atoms with Gasteiger partial charge in [-0.1, -0.05) is 0 Å². The Kier molecular flexibility index (Phi) is 1.61. The van der Waals surface area contributed by atoms with Gasteiger partial charge in [-0.3, -0.25) is 9.59 Å². The van der Waals surface area contributed by atoms with E-state index in [1.807, 2.05) is 0 Å². The molecule has 2 aliphatic heterocycles. The maximum absolute atomic E-state index is 10.9. The Morgan fingerprint density at radius 3 is 3.08 bits per heavy atom. The quantitative estimate of drug-likeness (QED) is 0.567. The summed E-state index contributed by atoms with van der Waals surface area (Å²) in [5, 5.41) is 0.251. The zero-order valence-corrected chi connectivity index (χ0v) is 7.13. The molecule has 1 saturated heterocycles. The molecule has 1 fully saturated rings. The number of carbonyl (C=O) groups is 2. The minimum absolute atomic E-state index is 0.0750. The van der Waals surface area contributed by atoms with Gasteiger partial charge in [0.2, 0.25) is 11.8 Å². The molecule has 0 unspecified atom stereocenters. The number of carbonyl (C=O) groups excluding carboxylic acids is 2. The Labute approximate surface area is 73.8 Å². The molecule has 2 N–H and O–H groups in total. The Morgan fingerprint density at radius 1 is 1.75 bits per heavy atom. The molecule has 2 rings (SSSR count). The van der Waals surface area contributed by atoms with Crippen LogP contribution in [-0.4, -0.2) is 27.8 Å². The first-order valence-electron chi connectivity index (χ1n) is 3.62. The van der Waals surface area contributed by atoms with E-state index in [-0.39, 0.29) is 11.3 Å². The minimum atomic E-state index is -0.430. The Bertz CT molecular complexity index is 287. The van der Waals surface area contributed by atoms with Crippen molar-refractivity contribution >= 4 is 23.6 Å². The van der Waals surface area contributed by atoms with Gasteiger partial charge in [0.25, 0.3) is 0 Å². The summed E-state index contributed by atoms with van der Waals surface area (Å²) >= 11 is 1.59. The van der Waals surface area contributed by atoms with Crippen LogP contribution in [0, 0.1) is 0 Å².